The zero-order valence-electron chi connectivity index (χ0n) is 9.74. The molecule has 0 saturated heterocycles. The Bertz CT molecular complexity index is 188. The molecule has 1 N–H and O–H groups in total. The van der Waals surface area contributed by atoms with Crippen molar-refractivity contribution in [2.75, 3.05) is 26.2 Å². The van der Waals surface area contributed by atoms with Crippen LogP contribution in [0.25, 0.3) is 0 Å². The van der Waals surface area contributed by atoms with Gasteiger partial charge in [-0.25, -0.2) is 0 Å². The zero-order chi connectivity index (χ0) is 11.1. The first-order valence-corrected chi connectivity index (χ1v) is 6.13. The highest BCUT2D eigenvalue weighted by Crippen LogP contribution is 2.21. The van der Waals surface area contributed by atoms with Gasteiger partial charge in [-0.1, -0.05) is 13.3 Å². The van der Waals surface area contributed by atoms with E-state index < -0.39 is 0 Å². The first-order valence-electron chi connectivity index (χ1n) is 6.13. The van der Waals surface area contributed by atoms with Gasteiger partial charge in [0.2, 0.25) is 0 Å². The van der Waals surface area contributed by atoms with Gasteiger partial charge in [-0.2, -0.15) is 0 Å². The van der Waals surface area contributed by atoms with Crippen LogP contribution in [-0.4, -0.2) is 42.0 Å². The molecule has 0 bridgehead atoms. The number of carbonyl (C=O) groups is 1. The summed E-state index contributed by atoms with van der Waals surface area (Å²) in [6, 6.07) is 0. The number of ketones is 1. The third-order valence-electron chi connectivity index (χ3n) is 3.12. The molecule has 1 atom stereocenters. The fourth-order valence-corrected chi connectivity index (χ4v) is 2.31. The standard InChI is InChI=1S/C12H23NO2/c1-2-7-13(8-9-14)10-11-5-3-4-6-12(11)15/h11,14H,2-10H2,1H3. The first kappa shape index (κ1) is 12.7. The summed E-state index contributed by atoms with van der Waals surface area (Å²) in [5.74, 6) is 0.664. The number of aliphatic hydroxyl groups excluding tert-OH is 1. The van der Waals surface area contributed by atoms with Crippen LogP contribution in [0, 0.1) is 5.92 Å². The molecule has 0 heterocycles. The lowest BCUT2D eigenvalue weighted by molar-refractivity contribution is -0.125. The van der Waals surface area contributed by atoms with E-state index in [1.54, 1.807) is 0 Å². The quantitative estimate of drug-likeness (QED) is 0.726. The Labute approximate surface area is 92.5 Å². The second kappa shape index (κ2) is 6.96. The highest BCUT2D eigenvalue weighted by Gasteiger charge is 2.23. The summed E-state index contributed by atoms with van der Waals surface area (Å²) >= 11 is 0. The van der Waals surface area contributed by atoms with E-state index in [4.69, 9.17) is 5.11 Å². The average molecular weight is 213 g/mol. The normalized spacial score (nSPS) is 22.3. The van der Waals surface area contributed by atoms with E-state index >= 15 is 0 Å². The van der Waals surface area contributed by atoms with Crippen LogP contribution in [-0.2, 0) is 4.79 Å². The number of rotatable bonds is 6. The molecular weight excluding hydrogens is 190 g/mol. The number of aliphatic hydroxyl groups is 1. The van der Waals surface area contributed by atoms with Crippen molar-refractivity contribution in [3.63, 3.8) is 0 Å². The molecule has 1 rings (SSSR count). The average Bonchev–Trinajstić information content (AvgIpc) is 2.22. The van der Waals surface area contributed by atoms with Crippen LogP contribution in [0.3, 0.4) is 0 Å². The summed E-state index contributed by atoms with van der Waals surface area (Å²) in [6.45, 7) is 4.88. The summed E-state index contributed by atoms with van der Waals surface area (Å²) < 4.78 is 0. The fourth-order valence-electron chi connectivity index (χ4n) is 2.31. The Morgan fingerprint density at radius 3 is 2.80 bits per heavy atom. The first-order chi connectivity index (χ1) is 7.27. The Morgan fingerprint density at radius 1 is 1.40 bits per heavy atom. The molecule has 1 saturated carbocycles. The molecule has 1 fully saturated rings. The predicted molar refractivity (Wildman–Crippen MR) is 60.8 cm³/mol. The van der Waals surface area contributed by atoms with E-state index in [9.17, 15) is 4.79 Å². The van der Waals surface area contributed by atoms with Gasteiger partial charge in [-0.05, 0) is 25.8 Å². The van der Waals surface area contributed by atoms with Crippen molar-refractivity contribution in [3.05, 3.63) is 0 Å². The molecule has 0 radical (unpaired) electrons. The van der Waals surface area contributed by atoms with Crippen LogP contribution in [0.5, 0.6) is 0 Å². The molecule has 1 unspecified atom stereocenters. The number of Topliss-reactive ketones (excluding diaryl/α,β-unsaturated/α-hetero) is 1. The predicted octanol–water partition coefficient (Wildman–Crippen LogP) is 1.45. The number of nitrogens with zero attached hydrogens (tertiary/aromatic N) is 1. The number of hydrogen-bond acceptors (Lipinski definition) is 3. The summed E-state index contributed by atoms with van der Waals surface area (Å²) in [5.41, 5.74) is 0. The lowest BCUT2D eigenvalue weighted by Crippen LogP contribution is -2.36. The minimum Gasteiger partial charge on any atom is -0.395 e. The zero-order valence-corrected chi connectivity index (χ0v) is 9.74. The van der Waals surface area contributed by atoms with E-state index in [1.165, 1.54) is 6.42 Å². The van der Waals surface area contributed by atoms with Crippen LogP contribution < -0.4 is 0 Å². The molecule has 0 aromatic carbocycles. The minimum atomic E-state index is 0.195. The van der Waals surface area contributed by atoms with Crippen LogP contribution in [0.1, 0.15) is 39.0 Å². The van der Waals surface area contributed by atoms with Crippen molar-refractivity contribution in [2.45, 2.75) is 39.0 Å². The fraction of sp³-hybridized carbons (Fsp3) is 0.917. The van der Waals surface area contributed by atoms with Gasteiger partial charge in [0, 0.05) is 25.4 Å². The monoisotopic (exact) mass is 213 g/mol. The molecule has 1 aliphatic carbocycles. The van der Waals surface area contributed by atoms with Gasteiger partial charge in [0.05, 0.1) is 6.61 Å². The molecule has 1 aliphatic rings. The molecule has 15 heavy (non-hydrogen) atoms. The van der Waals surface area contributed by atoms with Gasteiger partial charge in [0.15, 0.2) is 0 Å². The number of hydrogen-bond donors (Lipinski definition) is 1. The molecule has 88 valence electrons. The van der Waals surface area contributed by atoms with Crippen LogP contribution in [0.2, 0.25) is 0 Å². The van der Waals surface area contributed by atoms with Crippen molar-refractivity contribution < 1.29 is 9.90 Å². The molecular formula is C12H23NO2. The largest absolute Gasteiger partial charge is 0.395 e. The number of carbonyl (C=O) groups excluding carboxylic acids is 1. The SMILES string of the molecule is CCCN(CCO)CC1CCCCC1=O. The maximum atomic E-state index is 11.6. The highest BCUT2D eigenvalue weighted by molar-refractivity contribution is 5.81. The smallest absolute Gasteiger partial charge is 0.137 e. The maximum Gasteiger partial charge on any atom is 0.137 e. The molecule has 0 aromatic rings. The molecule has 0 aromatic heterocycles. The van der Waals surface area contributed by atoms with E-state index in [1.807, 2.05) is 0 Å². The van der Waals surface area contributed by atoms with Crippen LogP contribution >= 0.6 is 0 Å². The minimum absolute atomic E-state index is 0.195. The van der Waals surface area contributed by atoms with Crippen molar-refractivity contribution in [2.24, 2.45) is 5.92 Å². The molecule has 0 aliphatic heterocycles. The van der Waals surface area contributed by atoms with Gasteiger partial charge >= 0.3 is 0 Å². The molecule has 3 heteroatoms. The van der Waals surface area contributed by atoms with Crippen molar-refractivity contribution in [3.8, 4) is 0 Å². The Balaban J connectivity index is 2.37. The van der Waals surface area contributed by atoms with E-state index in [-0.39, 0.29) is 12.5 Å². The highest BCUT2D eigenvalue weighted by atomic mass is 16.3. The molecule has 3 nitrogen and oxygen atoms in total. The van der Waals surface area contributed by atoms with Crippen molar-refractivity contribution in [1.82, 2.24) is 4.90 Å². The van der Waals surface area contributed by atoms with Gasteiger partial charge in [0.25, 0.3) is 0 Å². The van der Waals surface area contributed by atoms with Gasteiger partial charge in [-0.15, -0.1) is 0 Å². The van der Waals surface area contributed by atoms with Crippen LogP contribution in [0.15, 0.2) is 0 Å². The van der Waals surface area contributed by atoms with E-state index in [2.05, 4.69) is 11.8 Å². The second-order valence-corrected chi connectivity index (χ2v) is 4.43. The van der Waals surface area contributed by atoms with Gasteiger partial charge in [0.1, 0.15) is 5.78 Å². The van der Waals surface area contributed by atoms with Crippen molar-refractivity contribution in [1.29, 1.82) is 0 Å². The summed E-state index contributed by atoms with van der Waals surface area (Å²) in [5, 5.41) is 8.93. The summed E-state index contributed by atoms with van der Waals surface area (Å²) in [4.78, 5) is 13.9. The third kappa shape index (κ3) is 4.31. The third-order valence-corrected chi connectivity index (χ3v) is 3.12. The maximum absolute atomic E-state index is 11.6. The second-order valence-electron chi connectivity index (χ2n) is 4.43. The Hall–Kier alpha value is -0.410. The van der Waals surface area contributed by atoms with E-state index in [0.717, 1.165) is 38.8 Å². The van der Waals surface area contributed by atoms with Gasteiger partial charge < -0.3 is 10.0 Å². The molecule has 0 spiro atoms. The van der Waals surface area contributed by atoms with Crippen molar-refractivity contribution >= 4 is 5.78 Å². The lowest BCUT2D eigenvalue weighted by atomic mass is 9.87. The Morgan fingerprint density at radius 2 is 2.20 bits per heavy atom. The van der Waals surface area contributed by atoms with Crippen LogP contribution in [0.4, 0.5) is 0 Å². The topological polar surface area (TPSA) is 40.5 Å². The van der Waals surface area contributed by atoms with Gasteiger partial charge in [-0.3, -0.25) is 4.79 Å². The Kier molecular flexibility index (Phi) is 5.88. The lowest BCUT2D eigenvalue weighted by Gasteiger charge is -2.28. The summed E-state index contributed by atoms with van der Waals surface area (Å²) in [6.07, 6.45) is 5.16. The summed E-state index contributed by atoms with van der Waals surface area (Å²) in [7, 11) is 0. The van der Waals surface area contributed by atoms with E-state index in [0.29, 0.717) is 12.3 Å². The molecule has 0 amide bonds.